The number of tetrazole rings is 1. The smallest absolute Gasteiger partial charge is 0.329 e. The van der Waals surface area contributed by atoms with E-state index in [1.807, 2.05) is 0 Å². The molecule has 0 bridgehead atoms. The van der Waals surface area contributed by atoms with Crippen LogP contribution in [0.1, 0.15) is 0 Å². The maximum absolute atomic E-state index is 12.2. The summed E-state index contributed by atoms with van der Waals surface area (Å²) in [7, 11) is 1.54. The predicted octanol–water partition coefficient (Wildman–Crippen LogP) is 0.987. The SMILES string of the molecule is Cn1nnc(NC(=O)N(CC(=O)O)c2cccc(Cl)c2)n1. The maximum Gasteiger partial charge on any atom is 0.329 e. The molecule has 0 spiro atoms. The Hall–Kier alpha value is -2.68. The number of hydrogen-bond acceptors (Lipinski definition) is 5. The summed E-state index contributed by atoms with van der Waals surface area (Å²) in [5.41, 5.74) is 0.339. The molecule has 0 aliphatic carbocycles. The first-order chi connectivity index (χ1) is 9.95. The quantitative estimate of drug-likeness (QED) is 0.870. The van der Waals surface area contributed by atoms with Gasteiger partial charge in [-0.15, -0.1) is 5.10 Å². The van der Waals surface area contributed by atoms with Crippen LogP contribution < -0.4 is 10.2 Å². The molecule has 2 rings (SSSR count). The van der Waals surface area contributed by atoms with Crippen molar-refractivity contribution in [1.82, 2.24) is 20.2 Å². The van der Waals surface area contributed by atoms with Crippen molar-refractivity contribution in [2.75, 3.05) is 16.8 Å². The molecular weight excluding hydrogens is 300 g/mol. The average molecular weight is 311 g/mol. The lowest BCUT2D eigenvalue weighted by Crippen LogP contribution is -2.39. The number of carboxylic acids is 1. The number of carbonyl (C=O) groups excluding carboxylic acids is 1. The largest absolute Gasteiger partial charge is 0.480 e. The molecule has 2 N–H and O–H groups in total. The summed E-state index contributed by atoms with van der Waals surface area (Å²) >= 11 is 5.85. The van der Waals surface area contributed by atoms with Gasteiger partial charge in [-0.25, -0.2) is 4.79 Å². The van der Waals surface area contributed by atoms with Crippen molar-refractivity contribution in [3.8, 4) is 0 Å². The summed E-state index contributed by atoms with van der Waals surface area (Å²) in [6.45, 7) is -0.535. The Morgan fingerprint density at radius 2 is 2.24 bits per heavy atom. The lowest BCUT2D eigenvalue weighted by atomic mass is 10.3. The highest BCUT2D eigenvalue weighted by Crippen LogP contribution is 2.20. The Morgan fingerprint density at radius 1 is 1.48 bits per heavy atom. The number of rotatable bonds is 4. The highest BCUT2D eigenvalue weighted by molar-refractivity contribution is 6.31. The second-order valence-corrected chi connectivity index (χ2v) is 4.43. The number of hydrogen-bond donors (Lipinski definition) is 2. The van der Waals surface area contributed by atoms with E-state index in [9.17, 15) is 9.59 Å². The van der Waals surface area contributed by atoms with E-state index in [1.165, 1.54) is 13.1 Å². The van der Waals surface area contributed by atoms with Gasteiger partial charge >= 0.3 is 12.0 Å². The molecule has 0 aliphatic heterocycles. The zero-order chi connectivity index (χ0) is 15.4. The van der Waals surface area contributed by atoms with E-state index < -0.39 is 18.5 Å². The monoisotopic (exact) mass is 310 g/mol. The molecule has 0 saturated carbocycles. The number of carbonyl (C=O) groups is 2. The lowest BCUT2D eigenvalue weighted by molar-refractivity contribution is -0.135. The molecular formula is C11H11ClN6O3. The number of aromatic nitrogens is 4. The first kappa shape index (κ1) is 14.7. The van der Waals surface area contributed by atoms with Crippen molar-refractivity contribution in [1.29, 1.82) is 0 Å². The van der Waals surface area contributed by atoms with Crippen molar-refractivity contribution in [3.05, 3.63) is 29.3 Å². The molecule has 0 unspecified atom stereocenters. The fourth-order valence-corrected chi connectivity index (χ4v) is 1.74. The van der Waals surface area contributed by atoms with Crippen molar-refractivity contribution >= 4 is 35.2 Å². The van der Waals surface area contributed by atoms with Crippen LogP contribution in [0.2, 0.25) is 5.02 Å². The highest BCUT2D eigenvalue weighted by atomic mass is 35.5. The third kappa shape index (κ3) is 3.89. The zero-order valence-corrected chi connectivity index (χ0v) is 11.7. The lowest BCUT2D eigenvalue weighted by Gasteiger charge is -2.20. The van der Waals surface area contributed by atoms with Crippen LogP contribution in [0.5, 0.6) is 0 Å². The second-order valence-electron chi connectivity index (χ2n) is 3.99. The van der Waals surface area contributed by atoms with Gasteiger partial charge in [-0.05, 0) is 23.4 Å². The van der Waals surface area contributed by atoms with Gasteiger partial charge in [-0.3, -0.25) is 15.0 Å². The van der Waals surface area contributed by atoms with Crippen molar-refractivity contribution in [2.45, 2.75) is 0 Å². The van der Waals surface area contributed by atoms with E-state index >= 15 is 0 Å². The number of aryl methyl sites for hydroxylation is 1. The minimum atomic E-state index is -1.17. The number of urea groups is 1. The van der Waals surface area contributed by atoms with Gasteiger partial charge in [-0.2, -0.15) is 4.80 Å². The molecule has 0 atom stereocenters. The topological polar surface area (TPSA) is 113 Å². The molecule has 2 aromatic rings. The molecule has 1 heterocycles. The van der Waals surface area contributed by atoms with Crippen molar-refractivity contribution in [3.63, 3.8) is 0 Å². The molecule has 110 valence electrons. The van der Waals surface area contributed by atoms with Gasteiger partial charge in [0.2, 0.25) is 0 Å². The van der Waals surface area contributed by atoms with Gasteiger partial charge < -0.3 is 5.11 Å². The molecule has 1 aromatic carbocycles. The van der Waals surface area contributed by atoms with Gasteiger partial charge in [-0.1, -0.05) is 22.8 Å². The number of carboxylic acid groups (broad SMARTS) is 1. The van der Waals surface area contributed by atoms with Crippen LogP contribution in [0.3, 0.4) is 0 Å². The minimum Gasteiger partial charge on any atom is -0.480 e. The Labute approximate surface area is 124 Å². The summed E-state index contributed by atoms with van der Waals surface area (Å²) in [5.74, 6) is -1.20. The van der Waals surface area contributed by atoms with Gasteiger partial charge in [0, 0.05) is 10.7 Å². The number of anilines is 2. The molecule has 1 aromatic heterocycles. The number of aliphatic carboxylic acids is 1. The third-order valence-electron chi connectivity index (χ3n) is 2.39. The van der Waals surface area contributed by atoms with Crippen LogP contribution in [0.4, 0.5) is 16.4 Å². The van der Waals surface area contributed by atoms with Crippen LogP contribution in [0.25, 0.3) is 0 Å². The van der Waals surface area contributed by atoms with Crippen LogP contribution >= 0.6 is 11.6 Å². The van der Waals surface area contributed by atoms with Gasteiger partial charge in [0.1, 0.15) is 6.54 Å². The Bertz CT molecular complexity index is 673. The van der Waals surface area contributed by atoms with Crippen LogP contribution in [0.15, 0.2) is 24.3 Å². The average Bonchev–Trinajstić information content (AvgIpc) is 2.81. The minimum absolute atomic E-state index is 0.0279. The number of nitrogens with one attached hydrogen (secondary N) is 1. The Balaban J connectivity index is 2.23. The van der Waals surface area contributed by atoms with E-state index in [0.717, 1.165) is 9.70 Å². The number of nitrogens with zero attached hydrogens (tertiary/aromatic N) is 5. The number of benzene rings is 1. The summed E-state index contributed by atoms with van der Waals surface area (Å²) < 4.78 is 0. The fourth-order valence-electron chi connectivity index (χ4n) is 1.56. The molecule has 21 heavy (non-hydrogen) atoms. The van der Waals surface area contributed by atoms with Gasteiger partial charge in [0.15, 0.2) is 0 Å². The van der Waals surface area contributed by atoms with E-state index in [-0.39, 0.29) is 5.95 Å². The van der Waals surface area contributed by atoms with E-state index in [0.29, 0.717) is 10.7 Å². The standard InChI is InChI=1S/C11H11ClN6O3/c1-17-15-10(14-16-17)13-11(21)18(6-9(19)20)8-4-2-3-7(12)5-8/h2-5H,6H2,1H3,(H,19,20)(H,13,15,21). The summed E-state index contributed by atoms with van der Waals surface area (Å²) in [5, 5.41) is 22.6. The van der Waals surface area contributed by atoms with Crippen LogP contribution in [-0.2, 0) is 11.8 Å². The van der Waals surface area contributed by atoms with E-state index in [1.54, 1.807) is 18.2 Å². The normalized spacial score (nSPS) is 10.2. The number of halogens is 1. The second kappa shape index (κ2) is 6.18. The maximum atomic E-state index is 12.2. The molecule has 10 heteroatoms. The highest BCUT2D eigenvalue weighted by Gasteiger charge is 2.20. The number of amides is 2. The third-order valence-corrected chi connectivity index (χ3v) is 2.62. The first-order valence-electron chi connectivity index (χ1n) is 5.75. The van der Waals surface area contributed by atoms with E-state index in [2.05, 4.69) is 20.7 Å². The molecule has 0 radical (unpaired) electrons. The Kier molecular flexibility index (Phi) is 4.33. The molecule has 0 aliphatic rings. The summed E-state index contributed by atoms with van der Waals surface area (Å²) in [6, 6.07) is 5.58. The molecule has 0 saturated heterocycles. The first-order valence-corrected chi connectivity index (χ1v) is 6.13. The summed E-state index contributed by atoms with van der Waals surface area (Å²) in [4.78, 5) is 25.3. The fraction of sp³-hybridized carbons (Fsp3) is 0.182. The van der Waals surface area contributed by atoms with Crippen LogP contribution in [0, 0.1) is 0 Å². The van der Waals surface area contributed by atoms with Gasteiger partial charge in [0.25, 0.3) is 5.95 Å². The predicted molar refractivity (Wildman–Crippen MR) is 74.3 cm³/mol. The van der Waals surface area contributed by atoms with Gasteiger partial charge in [0.05, 0.1) is 7.05 Å². The molecule has 2 amide bonds. The van der Waals surface area contributed by atoms with Crippen LogP contribution in [-0.4, -0.2) is 43.9 Å². The Morgan fingerprint density at radius 3 is 2.81 bits per heavy atom. The summed E-state index contributed by atoms with van der Waals surface area (Å²) in [6.07, 6.45) is 0. The zero-order valence-electron chi connectivity index (χ0n) is 10.9. The van der Waals surface area contributed by atoms with E-state index in [4.69, 9.17) is 16.7 Å². The van der Waals surface area contributed by atoms with Crippen molar-refractivity contribution in [2.24, 2.45) is 7.05 Å². The molecule has 9 nitrogen and oxygen atoms in total. The molecule has 0 fully saturated rings. The van der Waals surface area contributed by atoms with Crippen molar-refractivity contribution < 1.29 is 14.7 Å².